The summed E-state index contributed by atoms with van der Waals surface area (Å²) in [5.74, 6) is 2.23. The summed E-state index contributed by atoms with van der Waals surface area (Å²) in [7, 11) is 0. The van der Waals surface area contributed by atoms with E-state index in [4.69, 9.17) is 25.6 Å². The first kappa shape index (κ1) is 14.1. The Morgan fingerprint density at radius 1 is 1.19 bits per heavy atom. The molecule has 112 valence electrons. The zero-order valence-corrected chi connectivity index (χ0v) is 12.8. The normalized spacial score (nSPS) is 13.9. The number of aromatic nitrogens is 1. The van der Waals surface area contributed by atoms with Crippen molar-refractivity contribution in [1.29, 1.82) is 0 Å². The van der Waals surface area contributed by atoms with E-state index in [2.05, 4.69) is 10.5 Å². The standard InChI is InChI=1S/C15H17ClN2O3/c1-9-11(10(2)21-18-9)8-17-13-7-15-14(6-12(13)16)19-4-3-5-20-15/h6-7,17H,3-5,8H2,1-2H3. The summed E-state index contributed by atoms with van der Waals surface area (Å²) in [5.41, 5.74) is 2.73. The highest BCUT2D eigenvalue weighted by atomic mass is 35.5. The number of halogens is 1. The summed E-state index contributed by atoms with van der Waals surface area (Å²) < 4.78 is 16.4. The molecule has 1 N–H and O–H groups in total. The van der Waals surface area contributed by atoms with Crippen molar-refractivity contribution in [2.24, 2.45) is 0 Å². The van der Waals surface area contributed by atoms with E-state index in [0.717, 1.165) is 34.9 Å². The molecule has 21 heavy (non-hydrogen) atoms. The van der Waals surface area contributed by atoms with Crippen molar-refractivity contribution >= 4 is 17.3 Å². The first-order valence-electron chi connectivity index (χ1n) is 6.90. The fraction of sp³-hybridized carbons (Fsp3) is 0.400. The number of ether oxygens (including phenoxy) is 2. The first-order valence-corrected chi connectivity index (χ1v) is 7.27. The van der Waals surface area contributed by atoms with Gasteiger partial charge in [0.1, 0.15) is 5.76 Å². The van der Waals surface area contributed by atoms with Crippen LogP contribution in [-0.2, 0) is 6.54 Å². The quantitative estimate of drug-likeness (QED) is 0.936. The van der Waals surface area contributed by atoms with E-state index in [-0.39, 0.29) is 0 Å². The van der Waals surface area contributed by atoms with Crippen LogP contribution in [0.25, 0.3) is 0 Å². The maximum absolute atomic E-state index is 6.30. The van der Waals surface area contributed by atoms with Gasteiger partial charge in [0, 0.05) is 30.7 Å². The van der Waals surface area contributed by atoms with Crippen LogP contribution in [0.15, 0.2) is 16.7 Å². The Labute approximate surface area is 128 Å². The van der Waals surface area contributed by atoms with Gasteiger partial charge >= 0.3 is 0 Å². The molecule has 5 nitrogen and oxygen atoms in total. The molecule has 1 aliphatic rings. The van der Waals surface area contributed by atoms with E-state index in [1.807, 2.05) is 19.9 Å². The molecule has 3 rings (SSSR count). The number of anilines is 1. The van der Waals surface area contributed by atoms with Gasteiger partial charge in [-0.2, -0.15) is 0 Å². The highest BCUT2D eigenvalue weighted by molar-refractivity contribution is 6.33. The SMILES string of the molecule is Cc1noc(C)c1CNc1cc2c(cc1Cl)OCCCO2. The van der Waals surface area contributed by atoms with E-state index >= 15 is 0 Å². The summed E-state index contributed by atoms with van der Waals surface area (Å²) in [5, 5.41) is 7.84. The molecule has 2 heterocycles. The molecule has 0 aliphatic carbocycles. The third kappa shape index (κ3) is 2.93. The largest absolute Gasteiger partial charge is 0.490 e. The highest BCUT2D eigenvalue weighted by Gasteiger charge is 2.15. The molecule has 0 saturated carbocycles. The van der Waals surface area contributed by atoms with E-state index in [0.29, 0.717) is 30.5 Å². The molecule has 1 aromatic heterocycles. The summed E-state index contributed by atoms with van der Waals surface area (Å²) in [6.07, 6.45) is 0.869. The van der Waals surface area contributed by atoms with Crippen LogP contribution in [0.1, 0.15) is 23.4 Å². The number of aryl methyl sites for hydroxylation is 2. The highest BCUT2D eigenvalue weighted by Crippen LogP contribution is 2.37. The van der Waals surface area contributed by atoms with Gasteiger partial charge in [-0.1, -0.05) is 16.8 Å². The molecular formula is C15H17ClN2O3. The van der Waals surface area contributed by atoms with Crippen molar-refractivity contribution in [2.45, 2.75) is 26.8 Å². The van der Waals surface area contributed by atoms with Crippen LogP contribution in [0.3, 0.4) is 0 Å². The van der Waals surface area contributed by atoms with Crippen LogP contribution in [0, 0.1) is 13.8 Å². The van der Waals surface area contributed by atoms with E-state index < -0.39 is 0 Å². The molecule has 0 atom stereocenters. The van der Waals surface area contributed by atoms with Crippen LogP contribution >= 0.6 is 11.6 Å². The van der Waals surface area contributed by atoms with E-state index in [1.165, 1.54) is 0 Å². The van der Waals surface area contributed by atoms with Crippen molar-refractivity contribution in [1.82, 2.24) is 5.16 Å². The molecule has 0 unspecified atom stereocenters. The van der Waals surface area contributed by atoms with Gasteiger partial charge in [-0.3, -0.25) is 0 Å². The Morgan fingerprint density at radius 2 is 1.90 bits per heavy atom. The van der Waals surface area contributed by atoms with Gasteiger partial charge in [0.05, 0.1) is 29.6 Å². The average Bonchev–Trinajstić information content (AvgIpc) is 2.66. The van der Waals surface area contributed by atoms with Crippen molar-refractivity contribution in [3.05, 3.63) is 34.2 Å². The maximum Gasteiger partial charge on any atom is 0.163 e. The van der Waals surface area contributed by atoms with Gasteiger partial charge in [-0.15, -0.1) is 0 Å². The topological polar surface area (TPSA) is 56.5 Å². The molecule has 0 bridgehead atoms. The Bertz CT molecular complexity index is 635. The zero-order valence-electron chi connectivity index (χ0n) is 12.0. The molecule has 1 aromatic carbocycles. The zero-order chi connectivity index (χ0) is 14.8. The van der Waals surface area contributed by atoms with E-state index in [9.17, 15) is 0 Å². The molecule has 2 aromatic rings. The van der Waals surface area contributed by atoms with Gasteiger partial charge in [0.15, 0.2) is 11.5 Å². The van der Waals surface area contributed by atoms with Crippen LogP contribution < -0.4 is 14.8 Å². The van der Waals surface area contributed by atoms with Crippen molar-refractivity contribution in [2.75, 3.05) is 18.5 Å². The number of nitrogens with one attached hydrogen (secondary N) is 1. The Balaban J connectivity index is 1.81. The average molecular weight is 309 g/mol. The first-order chi connectivity index (χ1) is 10.1. The van der Waals surface area contributed by atoms with Gasteiger partial charge in [-0.05, 0) is 13.8 Å². The minimum atomic E-state index is 0.598. The van der Waals surface area contributed by atoms with Crippen molar-refractivity contribution in [3.63, 3.8) is 0 Å². The van der Waals surface area contributed by atoms with Gasteiger partial charge < -0.3 is 19.3 Å². The van der Waals surface area contributed by atoms with Crippen molar-refractivity contribution in [3.8, 4) is 11.5 Å². The minimum Gasteiger partial charge on any atom is -0.490 e. The molecule has 0 amide bonds. The van der Waals surface area contributed by atoms with Gasteiger partial charge in [0.25, 0.3) is 0 Å². The lowest BCUT2D eigenvalue weighted by atomic mass is 10.2. The summed E-state index contributed by atoms with van der Waals surface area (Å²) in [6.45, 7) is 5.71. The maximum atomic E-state index is 6.30. The number of hydrogen-bond acceptors (Lipinski definition) is 5. The van der Waals surface area contributed by atoms with Gasteiger partial charge in [0.2, 0.25) is 0 Å². The second kappa shape index (κ2) is 5.85. The smallest absolute Gasteiger partial charge is 0.163 e. The summed E-state index contributed by atoms with van der Waals surface area (Å²) >= 11 is 6.30. The van der Waals surface area contributed by atoms with E-state index in [1.54, 1.807) is 6.07 Å². The molecule has 1 aliphatic heterocycles. The Hall–Kier alpha value is -1.88. The summed E-state index contributed by atoms with van der Waals surface area (Å²) in [6, 6.07) is 3.67. The van der Waals surface area contributed by atoms with Gasteiger partial charge in [-0.25, -0.2) is 0 Å². The second-order valence-corrected chi connectivity index (χ2v) is 5.39. The summed E-state index contributed by atoms with van der Waals surface area (Å²) in [4.78, 5) is 0. The fourth-order valence-corrected chi connectivity index (χ4v) is 2.48. The fourth-order valence-electron chi connectivity index (χ4n) is 2.26. The van der Waals surface area contributed by atoms with Crippen LogP contribution in [0.4, 0.5) is 5.69 Å². The Morgan fingerprint density at radius 3 is 2.57 bits per heavy atom. The number of hydrogen-bond donors (Lipinski definition) is 1. The number of rotatable bonds is 3. The molecule has 0 saturated heterocycles. The predicted molar refractivity (Wildman–Crippen MR) is 80.4 cm³/mol. The lowest BCUT2D eigenvalue weighted by Crippen LogP contribution is -2.03. The molecule has 6 heteroatoms. The lowest BCUT2D eigenvalue weighted by Gasteiger charge is -2.13. The molecular weight excluding hydrogens is 292 g/mol. The van der Waals surface area contributed by atoms with Crippen LogP contribution in [0.2, 0.25) is 5.02 Å². The predicted octanol–water partition coefficient (Wildman–Crippen LogP) is 3.72. The lowest BCUT2D eigenvalue weighted by molar-refractivity contribution is 0.297. The molecule has 0 spiro atoms. The molecule has 0 radical (unpaired) electrons. The second-order valence-electron chi connectivity index (χ2n) is 4.99. The third-order valence-electron chi connectivity index (χ3n) is 3.47. The molecule has 0 fully saturated rings. The minimum absolute atomic E-state index is 0.598. The monoisotopic (exact) mass is 308 g/mol. The number of fused-ring (bicyclic) bond motifs is 1. The third-order valence-corrected chi connectivity index (χ3v) is 3.79. The van der Waals surface area contributed by atoms with Crippen LogP contribution in [-0.4, -0.2) is 18.4 Å². The number of benzene rings is 1. The van der Waals surface area contributed by atoms with Crippen LogP contribution in [0.5, 0.6) is 11.5 Å². The Kier molecular flexibility index (Phi) is 3.92. The number of nitrogens with zero attached hydrogens (tertiary/aromatic N) is 1. The van der Waals surface area contributed by atoms with Crippen molar-refractivity contribution < 1.29 is 14.0 Å².